The van der Waals surface area contributed by atoms with Crippen LogP contribution in [0.3, 0.4) is 0 Å². The molecule has 1 atom stereocenters. The van der Waals surface area contributed by atoms with Gasteiger partial charge in [-0.05, 0) is 55.7 Å². The van der Waals surface area contributed by atoms with Crippen molar-refractivity contribution in [3.63, 3.8) is 0 Å². The summed E-state index contributed by atoms with van der Waals surface area (Å²) in [5.41, 5.74) is 2.39. The lowest BCUT2D eigenvalue weighted by molar-refractivity contribution is 0.409. The lowest BCUT2D eigenvalue weighted by Crippen LogP contribution is -2.06. The predicted molar refractivity (Wildman–Crippen MR) is 98.1 cm³/mol. The molecule has 1 aromatic carbocycles. The molecule has 1 unspecified atom stereocenters. The number of aryl methyl sites for hydroxylation is 1. The number of rotatable bonds is 10. The van der Waals surface area contributed by atoms with Crippen molar-refractivity contribution in [1.29, 1.82) is 0 Å². The molecule has 0 amide bonds. The molecule has 1 aromatic rings. The quantitative estimate of drug-likeness (QED) is 0.309. The molecular formula is C22H32F2. The normalized spacial score (nSPS) is 17.8. The highest BCUT2D eigenvalue weighted by molar-refractivity contribution is 5.19. The maximum absolute atomic E-state index is 13.2. The van der Waals surface area contributed by atoms with E-state index in [4.69, 9.17) is 0 Å². The van der Waals surface area contributed by atoms with Crippen LogP contribution in [-0.2, 0) is 6.42 Å². The van der Waals surface area contributed by atoms with Gasteiger partial charge in [0.2, 0.25) is 0 Å². The summed E-state index contributed by atoms with van der Waals surface area (Å²) in [6.07, 6.45) is 17.5. The van der Waals surface area contributed by atoms with Crippen LogP contribution < -0.4 is 0 Å². The van der Waals surface area contributed by atoms with Gasteiger partial charge in [0, 0.05) is 0 Å². The lowest BCUT2D eigenvalue weighted by atomic mass is 9.84. The van der Waals surface area contributed by atoms with Crippen molar-refractivity contribution >= 4 is 0 Å². The number of hydrogen-bond acceptors (Lipinski definition) is 0. The lowest BCUT2D eigenvalue weighted by Gasteiger charge is -2.22. The van der Waals surface area contributed by atoms with Gasteiger partial charge in [0.25, 0.3) is 0 Å². The fourth-order valence-electron chi connectivity index (χ4n) is 3.65. The van der Waals surface area contributed by atoms with E-state index in [0.29, 0.717) is 0 Å². The Kier molecular flexibility index (Phi) is 8.49. The first-order valence-electron chi connectivity index (χ1n) is 9.81. The monoisotopic (exact) mass is 334 g/mol. The molecule has 0 bridgehead atoms. The average molecular weight is 334 g/mol. The maximum Gasteiger partial charge on any atom is 0.159 e. The van der Waals surface area contributed by atoms with E-state index in [2.05, 4.69) is 13.0 Å². The number of halogens is 2. The van der Waals surface area contributed by atoms with Crippen LogP contribution in [0.25, 0.3) is 0 Å². The fraction of sp³-hybridized carbons (Fsp3) is 0.636. The molecule has 0 radical (unpaired) electrons. The molecule has 2 heteroatoms. The minimum Gasteiger partial charge on any atom is -0.204 e. The van der Waals surface area contributed by atoms with Crippen molar-refractivity contribution < 1.29 is 8.78 Å². The second kappa shape index (κ2) is 10.6. The van der Waals surface area contributed by atoms with Crippen LogP contribution in [0, 0.1) is 17.6 Å². The minimum atomic E-state index is -0.756. The summed E-state index contributed by atoms with van der Waals surface area (Å²) in [5, 5.41) is 0. The van der Waals surface area contributed by atoms with Gasteiger partial charge in [0.15, 0.2) is 11.6 Å². The zero-order chi connectivity index (χ0) is 17.2. The summed E-state index contributed by atoms with van der Waals surface area (Å²) in [6.45, 7) is 2.26. The van der Waals surface area contributed by atoms with E-state index in [0.717, 1.165) is 24.3 Å². The molecule has 0 fully saturated rings. The first kappa shape index (κ1) is 19.1. The Labute approximate surface area is 146 Å². The second-order valence-corrected chi connectivity index (χ2v) is 7.31. The molecular weight excluding hydrogens is 302 g/mol. The summed E-state index contributed by atoms with van der Waals surface area (Å²) >= 11 is 0. The van der Waals surface area contributed by atoms with Crippen molar-refractivity contribution in [3.05, 3.63) is 47.0 Å². The highest BCUT2D eigenvalue weighted by Gasteiger charge is 2.14. The van der Waals surface area contributed by atoms with Gasteiger partial charge in [0.05, 0.1) is 0 Å². The molecule has 0 spiro atoms. The van der Waals surface area contributed by atoms with Gasteiger partial charge in [0.1, 0.15) is 0 Å². The molecule has 24 heavy (non-hydrogen) atoms. The Hall–Kier alpha value is -1.18. The number of unbranched alkanes of at least 4 members (excludes halogenated alkanes) is 5. The van der Waals surface area contributed by atoms with E-state index in [9.17, 15) is 8.78 Å². The van der Waals surface area contributed by atoms with E-state index >= 15 is 0 Å². The topological polar surface area (TPSA) is 0 Å². The molecule has 0 heterocycles. The van der Waals surface area contributed by atoms with Crippen molar-refractivity contribution in [2.24, 2.45) is 5.92 Å². The van der Waals surface area contributed by atoms with Crippen LogP contribution in [-0.4, -0.2) is 0 Å². The molecule has 2 rings (SSSR count). The van der Waals surface area contributed by atoms with E-state index in [-0.39, 0.29) is 0 Å². The van der Waals surface area contributed by atoms with Gasteiger partial charge < -0.3 is 0 Å². The summed E-state index contributed by atoms with van der Waals surface area (Å²) in [5.74, 6) is -0.625. The third-order valence-corrected chi connectivity index (χ3v) is 5.30. The molecule has 134 valence electrons. The zero-order valence-electron chi connectivity index (χ0n) is 15.1. The van der Waals surface area contributed by atoms with Crippen LogP contribution in [0.2, 0.25) is 0 Å². The van der Waals surface area contributed by atoms with Crippen LogP contribution in [0.5, 0.6) is 0 Å². The molecule has 0 saturated heterocycles. The van der Waals surface area contributed by atoms with Crippen LogP contribution in [0.1, 0.15) is 83.1 Å². The number of hydrogen-bond donors (Lipinski definition) is 0. The Bertz CT molecular complexity index is 519. The predicted octanol–water partition coefficient (Wildman–Crippen LogP) is 7.37. The van der Waals surface area contributed by atoms with Crippen molar-refractivity contribution in [3.8, 4) is 0 Å². The Morgan fingerprint density at radius 1 is 0.958 bits per heavy atom. The Morgan fingerprint density at radius 3 is 2.46 bits per heavy atom. The molecule has 1 aliphatic rings. The first-order valence-corrected chi connectivity index (χ1v) is 9.81. The van der Waals surface area contributed by atoms with Gasteiger partial charge in [-0.25, -0.2) is 8.78 Å². The summed E-state index contributed by atoms with van der Waals surface area (Å²) < 4.78 is 26.2. The maximum atomic E-state index is 13.2. The van der Waals surface area contributed by atoms with Crippen LogP contribution in [0.15, 0.2) is 29.8 Å². The van der Waals surface area contributed by atoms with E-state index in [1.54, 1.807) is 6.07 Å². The van der Waals surface area contributed by atoms with Gasteiger partial charge in [-0.1, -0.05) is 69.6 Å². The van der Waals surface area contributed by atoms with Crippen LogP contribution in [0.4, 0.5) is 8.78 Å². The van der Waals surface area contributed by atoms with E-state index in [1.165, 1.54) is 81.9 Å². The minimum absolute atomic E-state index is 0.732. The third-order valence-electron chi connectivity index (χ3n) is 5.30. The SMILES string of the molecule is CCCCCCCCC1CC=C(CCc2ccc(F)c(F)c2)CC1. The van der Waals surface area contributed by atoms with Gasteiger partial charge >= 0.3 is 0 Å². The van der Waals surface area contributed by atoms with Gasteiger partial charge in [-0.2, -0.15) is 0 Å². The highest BCUT2D eigenvalue weighted by atomic mass is 19.2. The van der Waals surface area contributed by atoms with Crippen molar-refractivity contribution in [1.82, 2.24) is 0 Å². The highest BCUT2D eigenvalue weighted by Crippen LogP contribution is 2.30. The molecule has 0 N–H and O–H groups in total. The number of allylic oxidation sites excluding steroid dienone is 2. The van der Waals surface area contributed by atoms with Crippen LogP contribution >= 0.6 is 0 Å². The summed E-state index contributed by atoms with van der Waals surface area (Å²) in [7, 11) is 0. The third kappa shape index (κ3) is 6.75. The van der Waals surface area contributed by atoms with Crippen molar-refractivity contribution in [2.75, 3.05) is 0 Å². The summed E-state index contributed by atoms with van der Waals surface area (Å²) in [6, 6.07) is 4.26. The van der Waals surface area contributed by atoms with E-state index < -0.39 is 11.6 Å². The molecule has 0 aliphatic heterocycles. The van der Waals surface area contributed by atoms with Crippen molar-refractivity contribution in [2.45, 2.75) is 84.0 Å². The largest absolute Gasteiger partial charge is 0.204 e. The second-order valence-electron chi connectivity index (χ2n) is 7.31. The first-order chi connectivity index (χ1) is 11.7. The Morgan fingerprint density at radius 2 is 1.75 bits per heavy atom. The summed E-state index contributed by atoms with van der Waals surface area (Å²) in [4.78, 5) is 0. The fourth-order valence-corrected chi connectivity index (χ4v) is 3.65. The zero-order valence-corrected chi connectivity index (χ0v) is 15.1. The molecule has 0 nitrogen and oxygen atoms in total. The smallest absolute Gasteiger partial charge is 0.159 e. The molecule has 1 aliphatic carbocycles. The van der Waals surface area contributed by atoms with E-state index in [1.807, 2.05) is 0 Å². The Balaban J connectivity index is 1.63. The average Bonchev–Trinajstić information content (AvgIpc) is 2.60. The standard InChI is InChI=1S/C22H32F2/c1-2-3-4-5-6-7-8-18-9-11-19(12-10-18)13-14-20-15-16-21(23)22(24)17-20/h11,15-18H,2-10,12-14H2,1H3. The van der Waals surface area contributed by atoms with Gasteiger partial charge in [-0.15, -0.1) is 0 Å². The van der Waals surface area contributed by atoms with Gasteiger partial charge in [-0.3, -0.25) is 0 Å². The molecule has 0 aromatic heterocycles. The molecule has 0 saturated carbocycles. The number of benzene rings is 1.